The smallest absolute Gasteiger partial charge is 0.238 e. The molecule has 2 aromatic rings. The van der Waals surface area contributed by atoms with E-state index in [1.165, 1.54) is 17.7 Å². The maximum Gasteiger partial charge on any atom is 0.238 e. The van der Waals surface area contributed by atoms with Crippen LogP contribution in [0.2, 0.25) is 0 Å². The second-order valence-electron chi connectivity index (χ2n) is 6.61. The summed E-state index contributed by atoms with van der Waals surface area (Å²) in [6.07, 6.45) is 0.879. The van der Waals surface area contributed by atoms with Crippen molar-refractivity contribution in [2.45, 2.75) is 37.5 Å². The van der Waals surface area contributed by atoms with Gasteiger partial charge in [-0.2, -0.15) is 0 Å². The van der Waals surface area contributed by atoms with E-state index < -0.39 is 10.0 Å². The highest BCUT2D eigenvalue weighted by atomic mass is 32.2. The Bertz CT molecular complexity index is 845. The Morgan fingerprint density at radius 2 is 1.70 bits per heavy atom. The molecule has 7 heteroatoms. The van der Waals surface area contributed by atoms with Crippen LogP contribution in [0.25, 0.3) is 0 Å². The van der Waals surface area contributed by atoms with Gasteiger partial charge in [-0.15, -0.1) is 0 Å². The van der Waals surface area contributed by atoms with Gasteiger partial charge in [-0.1, -0.05) is 38.1 Å². The molecule has 2 aromatic carbocycles. The third kappa shape index (κ3) is 7.03. The van der Waals surface area contributed by atoms with Crippen molar-refractivity contribution in [2.24, 2.45) is 5.14 Å². The number of amides is 1. The van der Waals surface area contributed by atoms with Crippen LogP contribution in [0.1, 0.15) is 37.3 Å². The van der Waals surface area contributed by atoms with Gasteiger partial charge in [0.2, 0.25) is 15.9 Å². The molecule has 0 fully saturated rings. The average Bonchev–Trinajstić information content (AvgIpc) is 2.62. The van der Waals surface area contributed by atoms with Crippen LogP contribution in [0.3, 0.4) is 0 Å². The molecule has 146 valence electrons. The molecular formula is C20H26N2O4S. The Balaban J connectivity index is 1.67. The number of carbonyl (C=O) groups is 1. The number of sulfonamides is 1. The molecule has 27 heavy (non-hydrogen) atoms. The molecule has 1 amide bonds. The van der Waals surface area contributed by atoms with Crippen LogP contribution in [0.5, 0.6) is 5.75 Å². The average molecular weight is 391 g/mol. The monoisotopic (exact) mass is 390 g/mol. The minimum atomic E-state index is -3.68. The Labute approximate surface area is 160 Å². The molecule has 0 aliphatic carbocycles. The highest BCUT2D eigenvalue weighted by Crippen LogP contribution is 2.18. The number of nitrogens with one attached hydrogen (secondary N) is 1. The summed E-state index contributed by atoms with van der Waals surface area (Å²) in [4.78, 5) is 11.9. The number of carbonyl (C=O) groups excluding carboxylic acids is 1. The van der Waals surface area contributed by atoms with Gasteiger partial charge < -0.3 is 10.1 Å². The van der Waals surface area contributed by atoms with E-state index in [2.05, 4.69) is 19.2 Å². The van der Waals surface area contributed by atoms with E-state index >= 15 is 0 Å². The third-order valence-corrected chi connectivity index (χ3v) is 5.06. The van der Waals surface area contributed by atoms with Crippen LogP contribution in [-0.4, -0.2) is 27.5 Å². The largest absolute Gasteiger partial charge is 0.493 e. The SMILES string of the molecule is CC(C)c1ccc(OCCC(=O)NCCc2ccc(S(N)(=O)=O)cc2)cc1. The summed E-state index contributed by atoms with van der Waals surface area (Å²) in [5.41, 5.74) is 2.17. The van der Waals surface area contributed by atoms with Crippen LogP contribution in [0.4, 0.5) is 0 Å². The lowest BCUT2D eigenvalue weighted by atomic mass is 10.0. The van der Waals surface area contributed by atoms with E-state index in [4.69, 9.17) is 9.88 Å². The van der Waals surface area contributed by atoms with E-state index in [0.29, 0.717) is 25.5 Å². The first-order valence-electron chi connectivity index (χ1n) is 8.87. The lowest BCUT2D eigenvalue weighted by molar-refractivity contribution is -0.121. The molecule has 0 saturated carbocycles. The molecule has 3 N–H and O–H groups in total. The fraction of sp³-hybridized carbons (Fsp3) is 0.350. The van der Waals surface area contributed by atoms with Crippen molar-refractivity contribution < 1.29 is 17.9 Å². The Kier molecular flexibility index (Phi) is 7.38. The standard InChI is InChI=1S/C20H26N2O4S/c1-15(2)17-5-7-18(8-6-17)26-14-12-20(23)22-13-11-16-3-9-19(10-4-16)27(21,24)25/h3-10,15H,11-14H2,1-2H3,(H,22,23)(H2,21,24,25). The minimum absolute atomic E-state index is 0.0776. The van der Waals surface area contributed by atoms with E-state index in [9.17, 15) is 13.2 Å². The van der Waals surface area contributed by atoms with Crippen molar-refractivity contribution in [1.29, 1.82) is 0 Å². The fourth-order valence-corrected chi connectivity index (χ4v) is 3.01. The van der Waals surface area contributed by atoms with Crippen LogP contribution < -0.4 is 15.2 Å². The zero-order valence-electron chi connectivity index (χ0n) is 15.6. The Hall–Kier alpha value is -2.38. The van der Waals surface area contributed by atoms with Gasteiger partial charge in [0.25, 0.3) is 0 Å². The van der Waals surface area contributed by atoms with Gasteiger partial charge in [-0.25, -0.2) is 13.6 Å². The fourth-order valence-electron chi connectivity index (χ4n) is 2.49. The van der Waals surface area contributed by atoms with E-state index in [1.54, 1.807) is 12.1 Å². The lowest BCUT2D eigenvalue weighted by Crippen LogP contribution is -2.27. The number of ether oxygens (including phenoxy) is 1. The first-order chi connectivity index (χ1) is 12.8. The van der Waals surface area contributed by atoms with Crippen molar-refractivity contribution in [3.8, 4) is 5.75 Å². The van der Waals surface area contributed by atoms with E-state index in [-0.39, 0.29) is 17.2 Å². The van der Waals surface area contributed by atoms with Crippen LogP contribution in [-0.2, 0) is 21.2 Å². The molecule has 0 aromatic heterocycles. The van der Waals surface area contributed by atoms with Crippen molar-refractivity contribution in [1.82, 2.24) is 5.32 Å². The summed E-state index contributed by atoms with van der Waals surface area (Å²) in [7, 11) is -3.68. The van der Waals surface area contributed by atoms with Crippen molar-refractivity contribution in [2.75, 3.05) is 13.2 Å². The Morgan fingerprint density at radius 3 is 2.26 bits per heavy atom. The quantitative estimate of drug-likeness (QED) is 0.687. The minimum Gasteiger partial charge on any atom is -0.493 e. The summed E-state index contributed by atoms with van der Waals surface area (Å²) in [5, 5.41) is 7.88. The number of nitrogens with two attached hydrogens (primary N) is 1. The third-order valence-electron chi connectivity index (χ3n) is 4.13. The number of hydrogen-bond donors (Lipinski definition) is 2. The summed E-state index contributed by atoms with van der Waals surface area (Å²) in [6.45, 7) is 5.05. The number of rotatable bonds is 9. The van der Waals surface area contributed by atoms with Crippen LogP contribution >= 0.6 is 0 Å². The molecule has 0 spiro atoms. The van der Waals surface area contributed by atoms with E-state index in [1.807, 2.05) is 24.3 Å². The summed E-state index contributed by atoms with van der Waals surface area (Å²) in [6, 6.07) is 14.2. The number of benzene rings is 2. The van der Waals surface area contributed by atoms with Gasteiger partial charge in [-0.3, -0.25) is 4.79 Å². The van der Waals surface area contributed by atoms with Crippen molar-refractivity contribution in [3.05, 3.63) is 59.7 Å². The molecule has 0 aliphatic heterocycles. The van der Waals surface area contributed by atoms with E-state index in [0.717, 1.165) is 11.3 Å². The van der Waals surface area contributed by atoms with Gasteiger partial charge in [0.15, 0.2) is 0 Å². The summed E-state index contributed by atoms with van der Waals surface area (Å²) in [5.74, 6) is 1.14. The normalized spacial score (nSPS) is 11.4. The zero-order chi connectivity index (χ0) is 19.9. The van der Waals surface area contributed by atoms with Gasteiger partial charge in [-0.05, 0) is 47.7 Å². The van der Waals surface area contributed by atoms with Crippen molar-refractivity contribution >= 4 is 15.9 Å². The zero-order valence-corrected chi connectivity index (χ0v) is 16.5. The Morgan fingerprint density at radius 1 is 1.07 bits per heavy atom. The first-order valence-corrected chi connectivity index (χ1v) is 10.4. The van der Waals surface area contributed by atoms with Gasteiger partial charge in [0.1, 0.15) is 5.75 Å². The molecule has 0 atom stereocenters. The highest BCUT2D eigenvalue weighted by molar-refractivity contribution is 7.89. The van der Waals surface area contributed by atoms with Gasteiger partial charge in [0.05, 0.1) is 17.9 Å². The molecule has 0 bridgehead atoms. The maximum absolute atomic E-state index is 11.9. The second kappa shape index (κ2) is 9.53. The van der Waals surface area contributed by atoms with Crippen LogP contribution in [0, 0.1) is 0 Å². The predicted molar refractivity (Wildman–Crippen MR) is 105 cm³/mol. The molecule has 0 radical (unpaired) electrons. The highest BCUT2D eigenvalue weighted by Gasteiger charge is 2.07. The predicted octanol–water partition coefficient (Wildman–Crippen LogP) is 2.59. The molecular weight excluding hydrogens is 364 g/mol. The number of hydrogen-bond acceptors (Lipinski definition) is 4. The van der Waals surface area contributed by atoms with Gasteiger partial charge in [0, 0.05) is 6.54 Å². The topological polar surface area (TPSA) is 98.5 Å². The summed E-state index contributed by atoms with van der Waals surface area (Å²) < 4.78 is 28.0. The first kappa shape index (κ1) is 20.9. The molecule has 0 unspecified atom stereocenters. The number of primary sulfonamides is 1. The molecule has 0 heterocycles. The maximum atomic E-state index is 11.9. The van der Waals surface area contributed by atoms with Crippen molar-refractivity contribution in [3.63, 3.8) is 0 Å². The molecule has 0 aliphatic rings. The van der Waals surface area contributed by atoms with Gasteiger partial charge >= 0.3 is 0 Å². The molecule has 2 rings (SSSR count). The molecule has 0 saturated heterocycles. The molecule has 6 nitrogen and oxygen atoms in total. The summed E-state index contributed by atoms with van der Waals surface area (Å²) >= 11 is 0. The van der Waals surface area contributed by atoms with Crippen LogP contribution in [0.15, 0.2) is 53.4 Å². The second-order valence-corrected chi connectivity index (χ2v) is 8.17. The lowest BCUT2D eigenvalue weighted by Gasteiger charge is -2.09.